The Bertz CT molecular complexity index is 1910. The van der Waals surface area contributed by atoms with Crippen molar-refractivity contribution in [1.29, 1.82) is 0 Å². The van der Waals surface area contributed by atoms with Gasteiger partial charge in [0.25, 0.3) is 0 Å². The second kappa shape index (κ2) is 32.9. The first-order chi connectivity index (χ1) is 27.1. The van der Waals surface area contributed by atoms with Gasteiger partial charge in [0.15, 0.2) is 0 Å². The maximum Gasteiger partial charge on any atom is 0.332 e. The highest BCUT2D eigenvalue weighted by atomic mass is 16.6. The number of rotatable bonds is 18. The molecule has 0 fully saturated rings. The number of aliphatic hydroxyl groups is 1. The van der Waals surface area contributed by atoms with Gasteiger partial charge < -0.3 is 38.3 Å². The zero-order valence-corrected chi connectivity index (χ0v) is 31.7. The van der Waals surface area contributed by atoms with Crippen LogP contribution in [0.5, 0.6) is 0 Å². The lowest BCUT2D eigenvalue weighted by Gasteiger charge is -2.22. The molecule has 61 heavy (non-hydrogen) atoms. The van der Waals surface area contributed by atoms with Crippen molar-refractivity contribution in [3.63, 3.8) is 0 Å². The molecule has 0 heterocycles. The fourth-order valence-electron chi connectivity index (χ4n) is 6.08. The van der Waals surface area contributed by atoms with Crippen molar-refractivity contribution < 1.29 is 43.1 Å². The topological polar surface area (TPSA) is 102 Å². The number of hydrogen-bond acceptors (Lipinski definition) is 9. The highest BCUT2D eigenvalue weighted by Crippen LogP contribution is 2.29. The third-order valence-corrected chi connectivity index (χ3v) is 8.93. The van der Waals surface area contributed by atoms with Crippen molar-refractivity contribution >= 4 is 5.97 Å². The number of esters is 1. The molecule has 6 rings (SSSR count). The summed E-state index contributed by atoms with van der Waals surface area (Å²) >= 11 is 0. The van der Waals surface area contributed by atoms with Crippen molar-refractivity contribution in [1.82, 2.24) is 0 Å². The minimum Gasteiger partial charge on any atom is -0.455 e. The fourth-order valence-corrected chi connectivity index (χ4v) is 6.08. The second-order valence-electron chi connectivity index (χ2n) is 13.0. The predicted molar refractivity (Wildman–Crippen MR) is 250 cm³/mol. The van der Waals surface area contributed by atoms with Crippen molar-refractivity contribution in [3.05, 3.63) is 142 Å². The van der Waals surface area contributed by atoms with Gasteiger partial charge in [-0.15, -0.1) is 0 Å². The van der Waals surface area contributed by atoms with Crippen molar-refractivity contribution in [2.45, 2.75) is 69.6 Å². The number of fused-ring (bicyclic) bond motifs is 4. The standard InChI is InChI=1S/C30H38O8.C16H12O.6CH4/c1-32-13-15-34-20-24(21-35-16-14-33-2)22-36-17-18-37-23-30(31)38-29-19-27-9-4-3-7-25(27)11-12-26-8-5-6-10-28(26)29;17-16-11-14-7-2-1-5-12(14)9-10-13-6-3-4-8-15(13)16;;;;;;/h3-10,24,29H,13-23H2,1-2H3;1-8,16-17H,11H2;6*1H4. The lowest BCUT2D eigenvalue weighted by molar-refractivity contribution is -0.155. The van der Waals surface area contributed by atoms with Crippen LogP contribution in [0.2, 0.25) is 0 Å². The number of hydrogen-bond donors (Lipinski definition) is 1. The molecule has 2 unspecified atom stereocenters. The maximum absolute atomic E-state index is 12.6. The molecule has 4 aromatic rings. The third-order valence-electron chi connectivity index (χ3n) is 8.93. The molecule has 0 bridgehead atoms. The molecule has 0 radical (unpaired) electrons. The van der Waals surface area contributed by atoms with Crippen LogP contribution >= 0.6 is 0 Å². The molecule has 0 amide bonds. The van der Waals surface area contributed by atoms with Gasteiger partial charge in [0.1, 0.15) is 12.7 Å². The van der Waals surface area contributed by atoms with E-state index < -0.39 is 18.2 Å². The maximum atomic E-state index is 12.6. The van der Waals surface area contributed by atoms with E-state index in [1.54, 1.807) is 14.2 Å². The van der Waals surface area contributed by atoms with E-state index in [1.165, 1.54) is 0 Å². The number of methoxy groups -OCH3 is 2. The summed E-state index contributed by atoms with van der Waals surface area (Å²) in [6, 6.07) is 31.5. The Morgan fingerprint density at radius 2 is 0.934 bits per heavy atom. The summed E-state index contributed by atoms with van der Waals surface area (Å²) in [5.41, 5.74) is 7.74. The number of carbonyl (C=O) groups excluding carboxylic acids is 1. The molecular formula is C52H74O9. The Morgan fingerprint density at radius 1 is 0.541 bits per heavy atom. The van der Waals surface area contributed by atoms with E-state index in [9.17, 15) is 9.90 Å². The van der Waals surface area contributed by atoms with Crippen molar-refractivity contribution in [2.75, 3.05) is 80.3 Å². The van der Waals surface area contributed by atoms with E-state index in [0.29, 0.717) is 65.7 Å². The Kier molecular flexibility index (Phi) is 31.4. The van der Waals surface area contributed by atoms with E-state index in [2.05, 4.69) is 23.7 Å². The van der Waals surface area contributed by atoms with E-state index in [0.717, 1.165) is 44.5 Å². The Balaban J connectivity index is 0. The molecule has 0 aromatic heterocycles. The minimum absolute atomic E-state index is 0. The molecule has 2 aliphatic carbocycles. The largest absolute Gasteiger partial charge is 0.455 e. The zero-order chi connectivity index (χ0) is 38.5. The monoisotopic (exact) mass is 843 g/mol. The number of benzene rings is 4. The lowest BCUT2D eigenvalue weighted by Crippen LogP contribution is -2.25. The molecular weight excluding hydrogens is 769 g/mol. The minimum atomic E-state index is -0.470. The van der Waals surface area contributed by atoms with Crippen LogP contribution < -0.4 is 0 Å². The van der Waals surface area contributed by atoms with Crippen LogP contribution in [-0.4, -0.2) is 91.4 Å². The van der Waals surface area contributed by atoms with Crippen molar-refractivity contribution in [2.24, 2.45) is 5.92 Å². The first kappa shape index (κ1) is 58.3. The van der Waals surface area contributed by atoms with Crippen LogP contribution in [0, 0.1) is 29.6 Å². The van der Waals surface area contributed by atoms with Crippen LogP contribution in [-0.2, 0) is 50.8 Å². The summed E-state index contributed by atoms with van der Waals surface area (Å²) < 4.78 is 38.4. The van der Waals surface area contributed by atoms with Gasteiger partial charge in [0.05, 0.1) is 65.6 Å². The SMILES string of the molecule is C.C.C.C.C.C.COCCOCC(COCCOC)COCCOCC(=O)OC1Cc2ccccc2C#Cc2ccccc21.OC1Cc2ccccc2C#Cc2ccccc21. The molecule has 9 heteroatoms. The average Bonchev–Trinajstić information content (AvgIpc) is 3.20. The summed E-state index contributed by atoms with van der Waals surface area (Å²) in [7, 11) is 3.27. The quantitative estimate of drug-likeness (QED) is 0.0596. The Hall–Kier alpha value is -4.81. The normalized spacial score (nSPS) is 13.5. The lowest BCUT2D eigenvalue weighted by atomic mass is 9.92. The molecule has 0 saturated heterocycles. The van der Waals surface area contributed by atoms with E-state index in [-0.39, 0.29) is 63.7 Å². The number of aliphatic hydroxyl groups excluding tert-OH is 1. The third kappa shape index (κ3) is 19.2. The molecule has 1 N–H and O–H groups in total. The van der Waals surface area contributed by atoms with Crippen LogP contribution in [0.15, 0.2) is 97.1 Å². The highest BCUT2D eigenvalue weighted by molar-refractivity contribution is 5.71. The Morgan fingerprint density at radius 3 is 1.46 bits per heavy atom. The predicted octanol–water partition coefficient (Wildman–Crippen LogP) is 9.69. The van der Waals surface area contributed by atoms with Gasteiger partial charge in [0.2, 0.25) is 0 Å². The first-order valence-corrected chi connectivity index (χ1v) is 18.6. The van der Waals surface area contributed by atoms with E-state index in [4.69, 9.17) is 33.2 Å². The van der Waals surface area contributed by atoms with Gasteiger partial charge >= 0.3 is 5.97 Å². The summed E-state index contributed by atoms with van der Waals surface area (Å²) in [5.74, 6) is 12.4. The van der Waals surface area contributed by atoms with E-state index in [1.807, 2.05) is 97.1 Å². The number of ether oxygens (including phenoxy) is 7. The second-order valence-corrected chi connectivity index (χ2v) is 13.0. The van der Waals surface area contributed by atoms with Gasteiger partial charge in [-0.1, -0.05) is 141 Å². The summed E-state index contributed by atoms with van der Waals surface area (Å²) in [5, 5.41) is 10.2. The van der Waals surface area contributed by atoms with Crippen LogP contribution in [0.4, 0.5) is 0 Å². The van der Waals surface area contributed by atoms with Crippen LogP contribution in [0.25, 0.3) is 0 Å². The van der Waals surface area contributed by atoms with Gasteiger partial charge in [-0.2, -0.15) is 0 Å². The molecule has 2 atom stereocenters. The molecule has 0 aliphatic heterocycles. The van der Waals surface area contributed by atoms with Crippen molar-refractivity contribution in [3.8, 4) is 23.7 Å². The van der Waals surface area contributed by atoms with E-state index >= 15 is 0 Å². The molecule has 9 nitrogen and oxygen atoms in total. The molecule has 2 aliphatic rings. The smallest absolute Gasteiger partial charge is 0.332 e. The molecule has 4 aromatic carbocycles. The van der Waals surface area contributed by atoms with Crippen LogP contribution in [0.1, 0.15) is 101 Å². The Labute approximate surface area is 369 Å². The first-order valence-electron chi connectivity index (χ1n) is 18.6. The molecule has 0 saturated carbocycles. The van der Waals surface area contributed by atoms with Gasteiger partial charge in [-0.05, 0) is 41.0 Å². The summed E-state index contributed by atoms with van der Waals surface area (Å²) in [4.78, 5) is 12.6. The van der Waals surface area contributed by atoms with Gasteiger partial charge in [-0.25, -0.2) is 4.79 Å². The molecule has 336 valence electrons. The zero-order valence-electron chi connectivity index (χ0n) is 31.7. The summed E-state index contributed by atoms with van der Waals surface area (Å²) in [6.45, 7) is 4.01. The average molecular weight is 843 g/mol. The number of carbonyl (C=O) groups is 1. The van der Waals surface area contributed by atoms with Gasteiger partial charge in [-0.3, -0.25) is 0 Å². The fraction of sp³-hybridized carbons (Fsp3) is 0.442. The molecule has 0 spiro atoms. The van der Waals surface area contributed by atoms with Gasteiger partial charge in [0, 0.05) is 60.8 Å². The highest BCUT2D eigenvalue weighted by Gasteiger charge is 2.22. The van der Waals surface area contributed by atoms with Crippen LogP contribution in [0.3, 0.4) is 0 Å². The summed E-state index contributed by atoms with van der Waals surface area (Å²) in [6.07, 6.45) is 0.270.